The number of carbonyl (C=O) groups excluding carboxylic acids is 3. The summed E-state index contributed by atoms with van der Waals surface area (Å²) in [5.74, 6) is -0.293. The second-order valence-electron chi connectivity index (χ2n) is 7.77. The summed E-state index contributed by atoms with van der Waals surface area (Å²) in [4.78, 5) is 39.0. The number of rotatable bonds is 10. The van der Waals surface area contributed by atoms with Crippen molar-refractivity contribution >= 4 is 23.5 Å². The summed E-state index contributed by atoms with van der Waals surface area (Å²) in [7, 11) is 0. The maximum atomic E-state index is 12.6. The molecule has 184 valence electrons. The Kier molecular flexibility index (Phi) is 8.61. The molecule has 1 heterocycles. The summed E-state index contributed by atoms with van der Waals surface area (Å²) in [5.41, 5.74) is 2.74. The molecule has 0 spiro atoms. The first-order valence-electron chi connectivity index (χ1n) is 11.3. The average Bonchev–Trinajstić information content (AvgIpc) is 3.19. The van der Waals surface area contributed by atoms with Crippen LogP contribution in [0.1, 0.15) is 51.6 Å². The van der Waals surface area contributed by atoms with Crippen LogP contribution in [0.15, 0.2) is 53.1 Å². The monoisotopic (exact) mass is 479 g/mol. The van der Waals surface area contributed by atoms with E-state index in [-0.39, 0.29) is 18.1 Å². The zero-order chi connectivity index (χ0) is 25.4. The first-order chi connectivity index (χ1) is 16.8. The highest BCUT2D eigenvalue weighted by Crippen LogP contribution is 2.22. The predicted molar refractivity (Wildman–Crippen MR) is 129 cm³/mol. The molecular weight excluding hydrogens is 450 g/mol. The maximum absolute atomic E-state index is 12.6. The number of hydrogen-bond acceptors (Lipinski definition) is 7. The summed E-state index contributed by atoms with van der Waals surface area (Å²) >= 11 is 0. The van der Waals surface area contributed by atoms with Crippen LogP contribution in [0.5, 0.6) is 5.75 Å². The minimum atomic E-state index is -0.685. The van der Waals surface area contributed by atoms with Crippen LogP contribution in [0.4, 0.5) is 5.69 Å². The molecule has 0 saturated heterocycles. The van der Waals surface area contributed by atoms with E-state index in [4.69, 9.17) is 14.0 Å². The largest absolute Gasteiger partial charge is 0.488 e. The van der Waals surface area contributed by atoms with Crippen molar-refractivity contribution in [2.75, 3.05) is 25.0 Å². The molecule has 2 amide bonds. The van der Waals surface area contributed by atoms with Crippen LogP contribution in [0.3, 0.4) is 0 Å². The van der Waals surface area contributed by atoms with E-state index in [1.165, 1.54) is 0 Å². The number of para-hydroxylation sites is 1. The number of aromatic nitrogens is 1. The Hall–Kier alpha value is -4.14. The molecule has 3 rings (SSSR count). The number of ether oxygens (including phenoxy) is 2. The third-order valence-electron chi connectivity index (χ3n) is 5.46. The number of amides is 2. The number of esters is 1. The third-order valence-corrected chi connectivity index (χ3v) is 5.46. The lowest BCUT2D eigenvalue weighted by molar-refractivity contribution is -0.119. The smallest absolute Gasteiger partial charge is 0.342 e. The Labute approximate surface area is 204 Å². The summed E-state index contributed by atoms with van der Waals surface area (Å²) in [5, 5.41) is 6.54. The van der Waals surface area contributed by atoms with Gasteiger partial charge in [-0.15, -0.1) is 0 Å². The van der Waals surface area contributed by atoms with Crippen LogP contribution in [0, 0.1) is 13.8 Å². The molecule has 0 saturated carbocycles. The molecule has 2 aromatic carbocycles. The fraction of sp³-hybridized carbons (Fsp3) is 0.308. The van der Waals surface area contributed by atoms with Gasteiger partial charge in [-0.25, -0.2) is 4.79 Å². The van der Waals surface area contributed by atoms with E-state index < -0.39 is 18.5 Å². The van der Waals surface area contributed by atoms with Gasteiger partial charge in [0.25, 0.3) is 11.8 Å². The fourth-order valence-electron chi connectivity index (χ4n) is 3.41. The Morgan fingerprint density at radius 3 is 2.31 bits per heavy atom. The Balaban J connectivity index is 1.55. The van der Waals surface area contributed by atoms with Gasteiger partial charge in [0, 0.05) is 24.3 Å². The van der Waals surface area contributed by atoms with Crippen LogP contribution in [-0.4, -0.2) is 47.5 Å². The molecule has 0 aliphatic rings. The normalized spacial score (nSPS) is 10.5. The van der Waals surface area contributed by atoms with Crippen molar-refractivity contribution in [1.29, 1.82) is 0 Å². The van der Waals surface area contributed by atoms with Gasteiger partial charge < -0.3 is 24.2 Å². The van der Waals surface area contributed by atoms with Crippen LogP contribution in [0.2, 0.25) is 0 Å². The molecule has 1 N–H and O–H groups in total. The van der Waals surface area contributed by atoms with E-state index in [2.05, 4.69) is 10.5 Å². The predicted octanol–water partition coefficient (Wildman–Crippen LogP) is 4.15. The summed E-state index contributed by atoms with van der Waals surface area (Å²) < 4.78 is 16.1. The van der Waals surface area contributed by atoms with Gasteiger partial charge in [-0.3, -0.25) is 9.59 Å². The van der Waals surface area contributed by atoms with Crippen LogP contribution >= 0.6 is 0 Å². The third kappa shape index (κ3) is 6.47. The van der Waals surface area contributed by atoms with E-state index in [1.807, 2.05) is 20.8 Å². The van der Waals surface area contributed by atoms with E-state index in [0.717, 1.165) is 5.56 Å². The van der Waals surface area contributed by atoms with Gasteiger partial charge in [0.2, 0.25) is 0 Å². The Morgan fingerprint density at radius 2 is 1.69 bits per heavy atom. The number of benzene rings is 2. The summed E-state index contributed by atoms with van der Waals surface area (Å²) in [6.07, 6.45) is 0. The minimum Gasteiger partial charge on any atom is -0.488 e. The second kappa shape index (κ2) is 11.8. The van der Waals surface area contributed by atoms with Crippen molar-refractivity contribution in [2.24, 2.45) is 0 Å². The molecule has 0 fully saturated rings. The summed E-state index contributed by atoms with van der Waals surface area (Å²) in [6, 6.07) is 13.2. The number of nitrogens with one attached hydrogen (secondary N) is 1. The highest BCUT2D eigenvalue weighted by atomic mass is 16.5. The molecule has 0 aliphatic carbocycles. The minimum absolute atomic E-state index is 0.0722. The van der Waals surface area contributed by atoms with Crippen LogP contribution in [0.25, 0.3) is 0 Å². The highest BCUT2D eigenvalue weighted by molar-refractivity contribution is 5.98. The number of aryl methyl sites for hydroxylation is 2. The maximum Gasteiger partial charge on any atom is 0.342 e. The molecule has 0 atom stereocenters. The highest BCUT2D eigenvalue weighted by Gasteiger charge is 2.17. The molecule has 1 aromatic heterocycles. The molecule has 0 radical (unpaired) electrons. The number of nitrogens with zero attached hydrogens (tertiary/aromatic N) is 2. The molecule has 9 nitrogen and oxygen atoms in total. The zero-order valence-electron chi connectivity index (χ0n) is 20.3. The van der Waals surface area contributed by atoms with E-state index in [9.17, 15) is 14.4 Å². The lowest BCUT2D eigenvalue weighted by atomic mass is 10.1. The quantitative estimate of drug-likeness (QED) is 0.435. The van der Waals surface area contributed by atoms with Gasteiger partial charge in [-0.1, -0.05) is 17.3 Å². The van der Waals surface area contributed by atoms with Gasteiger partial charge in [-0.05, 0) is 64.1 Å². The Morgan fingerprint density at radius 1 is 1.00 bits per heavy atom. The molecule has 0 aliphatic heterocycles. The van der Waals surface area contributed by atoms with E-state index >= 15 is 0 Å². The average molecular weight is 480 g/mol. The molecule has 35 heavy (non-hydrogen) atoms. The van der Waals surface area contributed by atoms with Gasteiger partial charge in [0.15, 0.2) is 6.61 Å². The van der Waals surface area contributed by atoms with Crippen molar-refractivity contribution in [1.82, 2.24) is 10.1 Å². The van der Waals surface area contributed by atoms with Gasteiger partial charge in [0.1, 0.15) is 23.7 Å². The lowest BCUT2D eigenvalue weighted by Crippen LogP contribution is -2.30. The van der Waals surface area contributed by atoms with Crippen LogP contribution in [-0.2, 0) is 16.1 Å². The Bertz CT molecular complexity index is 1160. The zero-order valence-corrected chi connectivity index (χ0v) is 20.3. The summed E-state index contributed by atoms with van der Waals surface area (Å²) in [6.45, 7) is 8.37. The van der Waals surface area contributed by atoms with E-state index in [0.29, 0.717) is 41.5 Å². The first-order valence-corrected chi connectivity index (χ1v) is 11.3. The fourth-order valence-corrected chi connectivity index (χ4v) is 3.41. The van der Waals surface area contributed by atoms with E-state index in [1.54, 1.807) is 60.4 Å². The van der Waals surface area contributed by atoms with Crippen molar-refractivity contribution < 1.29 is 28.4 Å². The van der Waals surface area contributed by atoms with Crippen molar-refractivity contribution in [3.8, 4) is 5.75 Å². The SMILES string of the molecule is CCN(CC)C(=O)c1ccc(NC(=O)COC(=O)c2ccccc2OCc2c(C)noc2C)cc1. The van der Waals surface area contributed by atoms with Gasteiger partial charge >= 0.3 is 5.97 Å². The van der Waals surface area contributed by atoms with Crippen molar-refractivity contribution in [3.63, 3.8) is 0 Å². The van der Waals surface area contributed by atoms with Crippen LogP contribution < -0.4 is 10.1 Å². The number of carbonyl (C=O) groups is 3. The van der Waals surface area contributed by atoms with Gasteiger partial charge in [0.05, 0.1) is 11.3 Å². The molecule has 0 bridgehead atoms. The molecule has 9 heteroatoms. The molecule has 0 unspecified atom stereocenters. The van der Waals surface area contributed by atoms with Crippen molar-refractivity contribution in [2.45, 2.75) is 34.3 Å². The second-order valence-corrected chi connectivity index (χ2v) is 7.77. The van der Waals surface area contributed by atoms with Gasteiger partial charge in [-0.2, -0.15) is 0 Å². The standard InChI is InChI=1S/C26H29N3O6/c1-5-29(6-2)25(31)19-11-13-20(14-12-19)27-24(30)16-34-26(32)21-9-7-8-10-23(21)33-15-22-17(3)28-35-18(22)4/h7-14H,5-6,15-16H2,1-4H3,(H,27,30). The van der Waals surface area contributed by atoms with Crippen molar-refractivity contribution in [3.05, 3.63) is 76.7 Å². The molecule has 3 aromatic rings. The lowest BCUT2D eigenvalue weighted by Gasteiger charge is -2.18. The topological polar surface area (TPSA) is 111 Å². The number of hydrogen-bond donors (Lipinski definition) is 1. The molecular formula is C26H29N3O6. The first kappa shape index (κ1) is 25.5. The number of anilines is 1.